The third-order valence-electron chi connectivity index (χ3n) is 6.99. The maximum atomic E-state index is 13.7. The van der Waals surface area contributed by atoms with Gasteiger partial charge in [0.2, 0.25) is 10.0 Å². The van der Waals surface area contributed by atoms with Gasteiger partial charge in [-0.05, 0) is 48.7 Å². The molecule has 10 nitrogen and oxygen atoms in total. The Morgan fingerprint density at radius 3 is 2.38 bits per heavy atom. The number of sulfonamides is 1. The quantitative estimate of drug-likeness (QED) is 0.306. The summed E-state index contributed by atoms with van der Waals surface area (Å²) in [7, 11) is 2.04. The van der Waals surface area contributed by atoms with Crippen LogP contribution in [0.4, 0.5) is 0 Å². The third kappa shape index (κ3) is 6.64. The Morgan fingerprint density at radius 2 is 1.74 bits per heavy atom. The fourth-order valence-electron chi connectivity index (χ4n) is 4.80. The second kappa shape index (κ2) is 13.3. The first-order valence-corrected chi connectivity index (χ1v) is 15.3. The lowest BCUT2D eigenvalue weighted by Crippen LogP contribution is -2.42. The maximum Gasteiger partial charge on any atom is 0.325 e. The SMILES string of the molecule is COc1ccc([C@H](Cc2c(Cl)c[nH+]cc2Cl)OC(=O)[C@@H]2CCCN2S(=O)(=O)c2cccc(C(=O)N(C)C)c2)cc1OC. The van der Waals surface area contributed by atoms with Gasteiger partial charge in [0.05, 0.1) is 19.1 Å². The highest BCUT2D eigenvalue weighted by atomic mass is 35.5. The highest BCUT2D eigenvalue weighted by molar-refractivity contribution is 7.89. The number of hydrogen-bond acceptors (Lipinski definition) is 7. The second-order valence-corrected chi connectivity index (χ2v) is 12.6. The molecular weight excluding hydrogens is 605 g/mol. The number of carbonyl (C=O) groups excluding carboxylic acids is 2. The molecule has 1 amide bonds. The van der Waals surface area contributed by atoms with Gasteiger partial charge >= 0.3 is 5.97 Å². The molecule has 1 aliphatic heterocycles. The predicted molar refractivity (Wildman–Crippen MR) is 156 cm³/mol. The molecule has 1 N–H and O–H groups in total. The average Bonchev–Trinajstić information content (AvgIpc) is 3.49. The zero-order valence-electron chi connectivity index (χ0n) is 23.6. The number of esters is 1. The smallest absolute Gasteiger partial charge is 0.325 e. The predicted octanol–water partition coefficient (Wildman–Crippen LogP) is 4.21. The number of amides is 1. The lowest BCUT2D eigenvalue weighted by atomic mass is 10.0. The van der Waals surface area contributed by atoms with Crippen molar-refractivity contribution in [1.29, 1.82) is 0 Å². The van der Waals surface area contributed by atoms with Crippen LogP contribution in [0.3, 0.4) is 0 Å². The first-order valence-electron chi connectivity index (χ1n) is 13.1. The molecule has 2 atom stereocenters. The number of nitrogens with zero attached hydrogens (tertiary/aromatic N) is 2. The number of pyridine rings is 1. The topological polar surface area (TPSA) is 117 Å². The van der Waals surface area contributed by atoms with Crippen molar-refractivity contribution in [3.63, 3.8) is 0 Å². The molecule has 1 saturated heterocycles. The summed E-state index contributed by atoms with van der Waals surface area (Å²) in [5.41, 5.74) is 1.34. The van der Waals surface area contributed by atoms with Gasteiger partial charge in [-0.15, -0.1) is 0 Å². The van der Waals surface area contributed by atoms with Crippen LogP contribution in [0, 0.1) is 0 Å². The fourth-order valence-corrected chi connectivity index (χ4v) is 7.03. The van der Waals surface area contributed by atoms with E-state index in [4.69, 9.17) is 37.4 Å². The van der Waals surface area contributed by atoms with Crippen LogP contribution in [0.25, 0.3) is 0 Å². The van der Waals surface area contributed by atoms with Crippen LogP contribution in [0.5, 0.6) is 11.5 Å². The molecule has 0 saturated carbocycles. The van der Waals surface area contributed by atoms with Gasteiger partial charge < -0.3 is 19.1 Å². The van der Waals surface area contributed by atoms with Crippen LogP contribution in [-0.4, -0.2) is 70.4 Å². The number of rotatable bonds is 10. The zero-order chi connectivity index (χ0) is 30.6. The third-order valence-corrected chi connectivity index (χ3v) is 9.57. The Morgan fingerprint density at radius 1 is 1.05 bits per heavy atom. The molecule has 2 heterocycles. The van der Waals surface area contributed by atoms with Crippen LogP contribution in [0.2, 0.25) is 10.0 Å². The van der Waals surface area contributed by atoms with E-state index in [2.05, 4.69) is 4.98 Å². The normalized spacial score (nSPS) is 16.1. The average molecular weight is 638 g/mol. The van der Waals surface area contributed by atoms with Crippen molar-refractivity contribution in [3.05, 3.63) is 81.6 Å². The van der Waals surface area contributed by atoms with E-state index in [1.54, 1.807) is 50.8 Å². The molecule has 3 aromatic rings. The first-order chi connectivity index (χ1) is 20.0. The van der Waals surface area contributed by atoms with Crippen LogP contribution in [0.1, 0.15) is 40.4 Å². The molecular formula is C29H32Cl2N3O7S+. The Balaban J connectivity index is 1.66. The van der Waals surface area contributed by atoms with E-state index in [1.807, 2.05) is 0 Å². The molecule has 224 valence electrons. The molecule has 1 aliphatic rings. The van der Waals surface area contributed by atoms with Crippen molar-refractivity contribution in [2.45, 2.75) is 36.3 Å². The van der Waals surface area contributed by atoms with E-state index >= 15 is 0 Å². The molecule has 0 unspecified atom stereocenters. The van der Waals surface area contributed by atoms with Gasteiger partial charge in [-0.25, -0.2) is 13.4 Å². The second-order valence-electron chi connectivity index (χ2n) is 9.88. The van der Waals surface area contributed by atoms with Gasteiger partial charge in [-0.1, -0.05) is 35.3 Å². The lowest BCUT2D eigenvalue weighted by molar-refractivity contribution is -0.377. The summed E-state index contributed by atoms with van der Waals surface area (Å²) in [6, 6.07) is 9.81. The van der Waals surface area contributed by atoms with Gasteiger partial charge in [-0.3, -0.25) is 9.59 Å². The number of carbonyl (C=O) groups is 2. The number of benzene rings is 2. The van der Waals surface area contributed by atoms with E-state index in [1.165, 1.54) is 37.3 Å². The van der Waals surface area contributed by atoms with Crippen molar-refractivity contribution in [2.24, 2.45) is 0 Å². The van der Waals surface area contributed by atoms with Crippen molar-refractivity contribution in [3.8, 4) is 11.5 Å². The number of hydrogen-bond donors (Lipinski definition) is 0. The van der Waals surface area contributed by atoms with Gasteiger partial charge in [-0.2, -0.15) is 4.31 Å². The monoisotopic (exact) mass is 636 g/mol. The molecule has 0 radical (unpaired) electrons. The van der Waals surface area contributed by atoms with Gasteiger partial charge in [0.25, 0.3) is 5.91 Å². The van der Waals surface area contributed by atoms with Gasteiger partial charge in [0.1, 0.15) is 22.2 Å². The summed E-state index contributed by atoms with van der Waals surface area (Å²) in [6.07, 6.45) is 3.09. The van der Waals surface area contributed by atoms with Crippen LogP contribution in [-0.2, 0) is 26.0 Å². The molecule has 42 heavy (non-hydrogen) atoms. The zero-order valence-corrected chi connectivity index (χ0v) is 25.9. The van der Waals surface area contributed by atoms with E-state index in [9.17, 15) is 18.0 Å². The maximum absolute atomic E-state index is 13.7. The molecule has 0 aliphatic carbocycles. The van der Waals surface area contributed by atoms with Crippen LogP contribution >= 0.6 is 23.2 Å². The fraction of sp³-hybridized carbons (Fsp3) is 0.345. The summed E-state index contributed by atoms with van der Waals surface area (Å²) in [5, 5.41) is 0.697. The number of halogens is 2. The molecule has 4 rings (SSSR count). The van der Waals surface area contributed by atoms with Gasteiger partial charge in [0.15, 0.2) is 23.9 Å². The number of ether oxygens (including phenoxy) is 3. The van der Waals surface area contributed by atoms with Gasteiger partial charge in [0, 0.05) is 38.2 Å². The number of nitrogens with one attached hydrogen (secondary N) is 1. The number of H-pyrrole nitrogens is 1. The summed E-state index contributed by atoms with van der Waals surface area (Å²) < 4.78 is 45.4. The number of methoxy groups -OCH3 is 2. The molecule has 2 aromatic carbocycles. The lowest BCUT2D eigenvalue weighted by Gasteiger charge is -2.26. The van der Waals surface area contributed by atoms with E-state index < -0.39 is 28.1 Å². The summed E-state index contributed by atoms with van der Waals surface area (Å²) in [5.74, 6) is -0.143. The van der Waals surface area contributed by atoms with Crippen LogP contribution in [0.15, 0.2) is 59.8 Å². The number of aromatic amines is 1. The van der Waals surface area contributed by atoms with Crippen molar-refractivity contribution in [2.75, 3.05) is 34.9 Å². The van der Waals surface area contributed by atoms with Crippen molar-refractivity contribution in [1.82, 2.24) is 9.21 Å². The minimum atomic E-state index is -4.13. The first kappa shape index (κ1) is 31.6. The highest BCUT2D eigenvalue weighted by Gasteiger charge is 2.41. The Labute approximate surface area is 255 Å². The molecule has 0 spiro atoms. The summed E-state index contributed by atoms with van der Waals surface area (Å²) in [4.78, 5) is 30.3. The summed E-state index contributed by atoms with van der Waals surface area (Å²) >= 11 is 12.8. The largest absolute Gasteiger partial charge is 0.493 e. The molecule has 1 aromatic heterocycles. The highest BCUT2D eigenvalue weighted by Crippen LogP contribution is 2.36. The van der Waals surface area contributed by atoms with Crippen LogP contribution < -0.4 is 14.5 Å². The standard InChI is InChI=1S/C29H31Cl2N3O7S/c1-33(2)28(35)19-7-5-8-20(13-19)42(37,38)34-12-6-9-24(34)29(36)41-26(15-21-22(30)16-32-17-23(21)31)18-10-11-25(39-3)27(14-18)40-4/h5,7-8,10-11,13-14,16-17,24,26H,6,9,12,15H2,1-4H3/p+1/t24-,26-/m0/s1. The minimum Gasteiger partial charge on any atom is -0.493 e. The molecule has 0 bridgehead atoms. The Bertz CT molecular complexity index is 1560. The van der Waals surface area contributed by atoms with Crippen molar-refractivity contribution < 1.29 is 37.2 Å². The van der Waals surface area contributed by atoms with E-state index in [0.29, 0.717) is 39.1 Å². The van der Waals surface area contributed by atoms with E-state index in [-0.39, 0.29) is 35.8 Å². The van der Waals surface area contributed by atoms with Crippen molar-refractivity contribution >= 4 is 45.1 Å². The Hall–Kier alpha value is -3.38. The number of aromatic nitrogens is 1. The molecule has 1 fully saturated rings. The minimum absolute atomic E-state index is 0.0783. The molecule has 13 heteroatoms. The van der Waals surface area contributed by atoms with E-state index in [0.717, 1.165) is 4.31 Å². The Kier molecular flexibility index (Phi) is 9.98. The summed E-state index contributed by atoms with van der Waals surface area (Å²) in [6.45, 7) is 0.126.